The quantitative estimate of drug-likeness (QED) is 0.347. The summed E-state index contributed by atoms with van der Waals surface area (Å²) in [5, 5.41) is 10.6. The van der Waals surface area contributed by atoms with Crippen LogP contribution in [0.1, 0.15) is 11.1 Å². The first-order valence-electron chi connectivity index (χ1n) is 9.19. The molecule has 3 aromatic carbocycles. The minimum Gasteiger partial charge on any atom is -0.497 e. The lowest BCUT2D eigenvalue weighted by molar-refractivity contribution is 0.415. The summed E-state index contributed by atoms with van der Waals surface area (Å²) in [7, 11) is 1.66. The lowest BCUT2D eigenvalue weighted by atomic mass is 10.1. The van der Waals surface area contributed by atoms with Gasteiger partial charge in [-0.1, -0.05) is 53.7 Å². The van der Waals surface area contributed by atoms with E-state index in [4.69, 9.17) is 16.3 Å². The molecule has 0 atom stereocenters. The maximum atomic E-state index is 6.00. The number of aryl methyl sites for hydroxylation is 1. The van der Waals surface area contributed by atoms with Crippen molar-refractivity contribution < 1.29 is 4.74 Å². The average molecular weight is 422 g/mol. The van der Waals surface area contributed by atoms with E-state index in [2.05, 4.69) is 33.8 Å². The third kappa shape index (κ3) is 4.31. The zero-order valence-electron chi connectivity index (χ0n) is 16.2. The fourth-order valence-corrected chi connectivity index (χ4v) is 4.08. The van der Waals surface area contributed by atoms with Gasteiger partial charge in [0.05, 0.1) is 12.8 Å². The largest absolute Gasteiger partial charge is 0.497 e. The van der Waals surface area contributed by atoms with Crippen LogP contribution in [0, 0.1) is 6.92 Å². The monoisotopic (exact) mass is 421 g/mol. The summed E-state index contributed by atoms with van der Waals surface area (Å²) >= 11 is 7.66. The van der Waals surface area contributed by atoms with E-state index in [0.29, 0.717) is 0 Å². The molecule has 0 N–H and O–H groups in total. The predicted molar refractivity (Wildman–Crippen MR) is 119 cm³/mol. The molecule has 1 aromatic heterocycles. The van der Waals surface area contributed by atoms with Gasteiger partial charge in [0, 0.05) is 16.3 Å². The van der Waals surface area contributed by atoms with E-state index < -0.39 is 0 Å². The molecule has 1 heterocycles. The maximum Gasteiger partial charge on any atom is 0.196 e. The van der Waals surface area contributed by atoms with Crippen molar-refractivity contribution in [3.05, 3.63) is 88.9 Å². The Balaban J connectivity index is 1.73. The van der Waals surface area contributed by atoms with Crippen LogP contribution >= 0.6 is 23.4 Å². The summed E-state index contributed by atoms with van der Waals surface area (Å²) in [4.78, 5) is 0. The Hall–Kier alpha value is -2.76. The smallest absolute Gasteiger partial charge is 0.196 e. The van der Waals surface area contributed by atoms with Gasteiger partial charge in [-0.15, -0.1) is 10.2 Å². The van der Waals surface area contributed by atoms with E-state index in [-0.39, 0.29) is 0 Å². The van der Waals surface area contributed by atoms with Gasteiger partial charge in [0.25, 0.3) is 0 Å². The molecule has 6 heteroatoms. The normalized spacial score (nSPS) is 10.9. The second kappa shape index (κ2) is 8.72. The van der Waals surface area contributed by atoms with Crippen LogP contribution in [0.2, 0.25) is 5.02 Å². The number of nitrogens with zero attached hydrogens (tertiary/aromatic N) is 3. The van der Waals surface area contributed by atoms with Crippen LogP contribution in [-0.4, -0.2) is 21.9 Å². The Bertz CT molecular complexity index is 1110. The molecule has 0 bridgehead atoms. The lowest BCUT2D eigenvalue weighted by Gasteiger charge is -2.13. The molecule has 146 valence electrons. The molecular formula is C23H20ClN3OS. The van der Waals surface area contributed by atoms with Crippen LogP contribution in [0.25, 0.3) is 17.1 Å². The number of benzene rings is 3. The van der Waals surface area contributed by atoms with Crippen LogP contribution in [0.4, 0.5) is 0 Å². The van der Waals surface area contributed by atoms with Crippen LogP contribution in [0.15, 0.2) is 78.0 Å². The zero-order chi connectivity index (χ0) is 20.2. The van der Waals surface area contributed by atoms with Crippen molar-refractivity contribution in [2.45, 2.75) is 17.8 Å². The van der Waals surface area contributed by atoms with Crippen LogP contribution in [0.3, 0.4) is 0 Å². The van der Waals surface area contributed by atoms with Gasteiger partial charge in [-0.25, -0.2) is 0 Å². The van der Waals surface area contributed by atoms with E-state index in [1.165, 1.54) is 5.56 Å². The third-order valence-electron chi connectivity index (χ3n) is 4.62. The second-order valence-electron chi connectivity index (χ2n) is 6.57. The van der Waals surface area contributed by atoms with Gasteiger partial charge >= 0.3 is 0 Å². The predicted octanol–water partition coefficient (Wildman–Crippen LogP) is 6.20. The summed E-state index contributed by atoms with van der Waals surface area (Å²) < 4.78 is 7.41. The van der Waals surface area contributed by atoms with E-state index in [1.807, 2.05) is 60.7 Å². The Kier molecular flexibility index (Phi) is 5.88. The summed E-state index contributed by atoms with van der Waals surface area (Å²) in [5.41, 5.74) is 4.40. The highest BCUT2D eigenvalue weighted by Gasteiger charge is 2.17. The minimum atomic E-state index is 0.739. The molecule has 0 amide bonds. The number of ether oxygens (including phenoxy) is 1. The fraction of sp³-hybridized carbons (Fsp3) is 0.130. The number of hydrogen-bond acceptors (Lipinski definition) is 4. The van der Waals surface area contributed by atoms with Crippen LogP contribution in [0.5, 0.6) is 5.75 Å². The van der Waals surface area contributed by atoms with Crippen molar-refractivity contribution >= 4 is 23.4 Å². The van der Waals surface area contributed by atoms with E-state index in [1.54, 1.807) is 18.9 Å². The molecule has 0 aliphatic carbocycles. The van der Waals surface area contributed by atoms with E-state index >= 15 is 0 Å². The van der Waals surface area contributed by atoms with Gasteiger partial charge in [-0.2, -0.15) is 0 Å². The second-order valence-corrected chi connectivity index (χ2v) is 7.95. The molecule has 0 aliphatic heterocycles. The lowest BCUT2D eigenvalue weighted by Crippen LogP contribution is -2.02. The first kappa shape index (κ1) is 19.6. The molecule has 4 nitrogen and oxygen atoms in total. The Morgan fingerprint density at radius 2 is 1.66 bits per heavy atom. The van der Waals surface area contributed by atoms with Gasteiger partial charge in [-0.05, 0) is 60.5 Å². The Morgan fingerprint density at radius 1 is 0.931 bits per heavy atom. The molecule has 0 radical (unpaired) electrons. The van der Waals surface area contributed by atoms with Gasteiger partial charge in [0.2, 0.25) is 0 Å². The molecule has 4 aromatic rings. The molecule has 0 unspecified atom stereocenters. The molecule has 0 spiro atoms. The van der Waals surface area contributed by atoms with Crippen LogP contribution in [-0.2, 0) is 5.75 Å². The summed E-state index contributed by atoms with van der Waals surface area (Å²) in [5.74, 6) is 2.40. The number of halogens is 1. The molecule has 4 rings (SSSR count). The summed E-state index contributed by atoms with van der Waals surface area (Å²) in [6, 6.07) is 24.0. The first-order valence-corrected chi connectivity index (χ1v) is 10.5. The molecule has 29 heavy (non-hydrogen) atoms. The van der Waals surface area contributed by atoms with Crippen molar-refractivity contribution in [3.63, 3.8) is 0 Å². The topological polar surface area (TPSA) is 39.9 Å². The molecular weight excluding hydrogens is 402 g/mol. The third-order valence-corrected chi connectivity index (χ3v) is 5.87. The van der Waals surface area contributed by atoms with Gasteiger partial charge < -0.3 is 4.74 Å². The first-order chi connectivity index (χ1) is 14.2. The number of aromatic nitrogens is 3. The average Bonchev–Trinajstić information content (AvgIpc) is 3.17. The van der Waals surface area contributed by atoms with Crippen molar-refractivity contribution in [2.75, 3.05) is 7.11 Å². The van der Waals surface area contributed by atoms with Crippen molar-refractivity contribution in [2.24, 2.45) is 0 Å². The summed E-state index contributed by atoms with van der Waals surface area (Å²) in [6.07, 6.45) is 0. The standard InChI is InChI=1S/C23H20ClN3OS/c1-16-5-3-4-6-21(16)27-22(18-9-13-20(28-2)14-10-18)25-26-23(27)29-15-17-7-11-19(24)12-8-17/h3-14H,15H2,1-2H3. The van der Waals surface area contributed by atoms with Crippen molar-refractivity contribution in [1.29, 1.82) is 0 Å². The Labute approximate surface area is 179 Å². The molecule has 0 fully saturated rings. The Morgan fingerprint density at radius 3 is 2.34 bits per heavy atom. The number of para-hydroxylation sites is 1. The van der Waals surface area contributed by atoms with Gasteiger partial charge in [0.15, 0.2) is 11.0 Å². The van der Waals surface area contributed by atoms with Crippen molar-refractivity contribution in [3.8, 4) is 22.8 Å². The highest BCUT2D eigenvalue weighted by Crippen LogP contribution is 2.31. The number of thioether (sulfide) groups is 1. The number of methoxy groups -OCH3 is 1. The zero-order valence-corrected chi connectivity index (χ0v) is 17.7. The highest BCUT2D eigenvalue weighted by molar-refractivity contribution is 7.98. The van der Waals surface area contributed by atoms with Crippen LogP contribution < -0.4 is 4.74 Å². The fourth-order valence-electron chi connectivity index (χ4n) is 3.05. The SMILES string of the molecule is COc1ccc(-c2nnc(SCc3ccc(Cl)cc3)n2-c2ccccc2C)cc1. The highest BCUT2D eigenvalue weighted by atomic mass is 35.5. The summed E-state index contributed by atoms with van der Waals surface area (Å²) in [6.45, 7) is 2.10. The van der Waals surface area contributed by atoms with E-state index in [9.17, 15) is 0 Å². The molecule has 0 aliphatic rings. The number of hydrogen-bond donors (Lipinski definition) is 0. The minimum absolute atomic E-state index is 0.739. The molecule has 0 saturated heterocycles. The maximum absolute atomic E-state index is 6.00. The number of rotatable bonds is 6. The van der Waals surface area contributed by atoms with E-state index in [0.717, 1.165) is 44.3 Å². The van der Waals surface area contributed by atoms with Gasteiger partial charge in [0.1, 0.15) is 5.75 Å². The van der Waals surface area contributed by atoms with Gasteiger partial charge in [-0.3, -0.25) is 4.57 Å². The molecule has 0 saturated carbocycles. The van der Waals surface area contributed by atoms with Crippen molar-refractivity contribution in [1.82, 2.24) is 14.8 Å².